The Hall–Kier alpha value is -2.20. The molecule has 0 spiro atoms. The zero-order chi connectivity index (χ0) is 15.6. The second kappa shape index (κ2) is 6.13. The molecule has 0 amide bonds. The van der Waals surface area contributed by atoms with Crippen LogP contribution in [0.1, 0.15) is 17.8 Å². The van der Waals surface area contributed by atoms with E-state index in [2.05, 4.69) is 50.7 Å². The van der Waals surface area contributed by atoms with Gasteiger partial charge >= 0.3 is 0 Å². The van der Waals surface area contributed by atoms with Crippen LogP contribution in [0.3, 0.4) is 0 Å². The predicted octanol–water partition coefficient (Wildman–Crippen LogP) is 3.03. The zero-order valence-corrected chi connectivity index (χ0v) is 13.5. The molecule has 4 rings (SSSR count). The molecule has 118 valence electrons. The average molecular weight is 306 g/mol. The number of fused-ring (bicyclic) bond motifs is 1. The van der Waals surface area contributed by atoms with Crippen LogP contribution in [0.25, 0.3) is 10.9 Å². The predicted molar refractivity (Wildman–Crippen MR) is 92.0 cm³/mol. The van der Waals surface area contributed by atoms with Gasteiger partial charge in [-0.05, 0) is 36.9 Å². The van der Waals surface area contributed by atoms with E-state index < -0.39 is 0 Å². The van der Waals surface area contributed by atoms with Crippen LogP contribution < -0.4 is 0 Å². The van der Waals surface area contributed by atoms with Crippen molar-refractivity contribution in [3.63, 3.8) is 0 Å². The summed E-state index contributed by atoms with van der Waals surface area (Å²) in [5.74, 6) is 1.86. The van der Waals surface area contributed by atoms with Crippen molar-refractivity contribution in [2.24, 2.45) is 13.0 Å². The molecule has 0 unspecified atom stereocenters. The van der Waals surface area contributed by atoms with E-state index in [1.54, 1.807) is 0 Å². The van der Waals surface area contributed by atoms with E-state index >= 15 is 0 Å². The Balaban J connectivity index is 1.45. The van der Waals surface area contributed by atoms with Gasteiger partial charge in [0, 0.05) is 37.6 Å². The lowest BCUT2D eigenvalue weighted by molar-refractivity contribution is 0.305. The van der Waals surface area contributed by atoms with Crippen LogP contribution in [0.2, 0.25) is 0 Å². The Bertz CT molecular complexity index is 802. The monoisotopic (exact) mass is 306 g/mol. The molecule has 23 heavy (non-hydrogen) atoms. The molecule has 0 bridgehead atoms. The van der Waals surface area contributed by atoms with Gasteiger partial charge in [0.05, 0.1) is 12.1 Å². The lowest BCUT2D eigenvalue weighted by Crippen LogP contribution is -2.22. The molecule has 3 heterocycles. The van der Waals surface area contributed by atoms with Crippen molar-refractivity contribution in [1.82, 2.24) is 19.4 Å². The average Bonchev–Trinajstić information content (AvgIpc) is 3.18. The first kappa shape index (κ1) is 14.4. The third-order valence-electron chi connectivity index (χ3n) is 4.88. The third kappa shape index (κ3) is 2.99. The number of hydrogen-bond donors (Lipinski definition) is 0. The van der Waals surface area contributed by atoms with Gasteiger partial charge in [-0.25, -0.2) is 4.98 Å². The molecule has 3 aromatic rings. The highest BCUT2D eigenvalue weighted by Gasteiger charge is 2.24. The molecule has 1 atom stereocenters. The maximum Gasteiger partial charge on any atom is 0.122 e. The Labute approximate surface area is 136 Å². The van der Waals surface area contributed by atoms with Crippen molar-refractivity contribution in [1.29, 1.82) is 0 Å². The number of likely N-dealkylation sites (tertiary alicyclic amines) is 1. The van der Waals surface area contributed by atoms with E-state index in [4.69, 9.17) is 0 Å². The maximum absolute atomic E-state index is 4.59. The summed E-state index contributed by atoms with van der Waals surface area (Å²) in [6, 6.07) is 10.7. The van der Waals surface area contributed by atoms with Gasteiger partial charge in [0.25, 0.3) is 0 Å². The molecule has 1 aromatic carbocycles. The summed E-state index contributed by atoms with van der Waals surface area (Å²) in [4.78, 5) is 11.5. The van der Waals surface area contributed by atoms with E-state index in [9.17, 15) is 0 Å². The second-order valence-corrected chi connectivity index (χ2v) is 6.54. The largest absolute Gasteiger partial charge is 0.337 e. The second-order valence-electron chi connectivity index (χ2n) is 6.54. The standard InChI is InChI=1S/C19H22N4/c1-22-11-9-20-18(22)14-23-10-7-15(13-23)12-17-5-2-4-16-6-3-8-21-19(16)17/h2-6,8-9,11,15H,7,10,12-14H2,1H3/t15-/m1/s1. The minimum Gasteiger partial charge on any atom is -0.337 e. The Kier molecular flexibility index (Phi) is 3.83. The Morgan fingerprint density at radius 3 is 2.91 bits per heavy atom. The molecular weight excluding hydrogens is 284 g/mol. The molecule has 0 aliphatic carbocycles. The van der Waals surface area contributed by atoms with Gasteiger partial charge in [-0.3, -0.25) is 9.88 Å². The van der Waals surface area contributed by atoms with E-state index in [0.29, 0.717) is 5.92 Å². The first-order valence-corrected chi connectivity index (χ1v) is 8.31. The molecule has 0 saturated carbocycles. The van der Waals surface area contributed by atoms with Gasteiger partial charge in [-0.1, -0.05) is 24.3 Å². The SMILES string of the molecule is Cn1ccnc1CN1CC[C@H](Cc2cccc3cccnc23)C1. The number of nitrogens with zero attached hydrogens (tertiary/aromatic N) is 4. The number of pyridine rings is 1. The molecule has 1 fully saturated rings. The molecule has 4 nitrogen and oxygen atoms in total. The number of para-hydroxylation sites is 1. The highest BCUT2D eigenvalue weighted by molar-refractivity contribution is 5.81. The van der Waals surface area contributed by atoms with Crippen LogP contribution in [-0.4, -0.2) is 32.5 Å². The van der Waals surface area contributed by atoms with Crippen molar-refractivity contribution in [3.8, 4) is 0 Å². The van der Waals surface area contributed by atoms with Crippen LogP contribution in [0, 0.1) is 5.92 Å². The lowest BCUT2D eigenvalue weighted by Gasteiger charge is -2.16. The van der Waals surface area contributed by atoms with E-state index in [0.717, 1.165) is 37.4 Å². The summed E-state index contributed by atoms with van der Waals surface area (Å²) in [6.07, 6.45) is 8.17. The van der Waals surface area contributed by atoms with Crippen LogP contribution in [0.15, 0.2) is 48.9 Å². The molecule has 2 aromatic heterocycles. The van der Waals surface area contributed by atoms with Gasteiger partial charge in [-0.2, -0.15) is 0 Å². The van der Waals surface area contributed by atoms with Gasteiger partial charge < -0.3 is 4.57 Å². The highest BCUT2D eigenvalue weighted by Crippen LogP contribution is 2.25. The topological polar surface area (TPSA) is 34.0 Å². The van der Waals surface area contributed by atoms with Crippen molar-refractivity contribution in [2.75, 3.05) is 13.1 Å². The molecular formula is C19H22N4. The maximum atomic E-state index is 4.59. The normalized spacial score (nSPS) is 18.7. The molecule has 4 heteroatoms. The fourth-order valence-corrected chi connectivity index (χ4v) is 3.62. The van der Waals surface area contributed by atoms with E-state index in [-0.39, 0.29) is 0 Å². The van der Waals surface area contributed by atoms with Crippen molar-refractivity contribution >= 4 is 10.9 Å². The smallest absolute Gasteiger partial charge is 0.122 e. The molecule has 1 aliphatic rings. The molecule has 1 aliphatic heterocycles. The minimum absolute atomic E-state index is 0.711. The third-order valence-corrected chi connectivity index (χ3v) is 4.88. The summed E-state index contributed by atoms with van der Waals surface area (Å²) < 4.78 is 2.11. The van der Waals surface area contributed by atoms with Crippen molar-refractivity contribution in [3.05, 3.63) is 60.3 Å². The van der Waals surface area contributed by atoms with E-state index in [1.165, 1.54) is 17.4 Å². The lowest BCUT2D eigenvalue weighted by atomic mass is 9.97. The van der Waals surface area contributed by atoms with Crippen LogP contribution in [0.5, 0.6) is 0 Å². The number of hydrogen-bond acceptors (Lipinski definition) is 3. The summed E-state index contributed by atoms with van der Waals surface area (Å²) in [6.45, 7) is 3.26. The molecule has 1 saturated heterocycles. The van der Waals surface area contributed by atoms with Gasteiger partial charge in [0.1, 0.15) is 5.82 Å². The fourth-order valence-electron chi connectivity index (χ4n) is 3.62. The number of aromatic nitrogens is 3. The van der Waals surface area contributed by atoms with Gasteiger partial charge in [0.2, 0.25) is 0 Å². The van der Waals surface area contributed by atoms with Crippen LogP contribution in [-0.2, 0) is 20.0 Å². The first-order chi connectivity index (χ1) is 11.3. The minimum atomic E-state index is 0.711. The molecule has 0 radical (unpaired) electrons. The summed E-state index contributed by atoms with van der Waals surface area (Å²) in [5, 5.41) is 1.24. The number of aryl methyl sites for hydroxylation is 1. The van der Waals surface area contributed by atoms with Crippen LogP contribution in [0.4, 0.5) is 0 Å². The quantitative estimate of drug-likeness (QED) is 0.743. The van der Waals surface area contributed by atoms with Crippen LogP contribution >= 0.6 is 0 Å². The van der Waals surface area contributed by atoms with Crippen molar-refractivity contribution < 1.29 is 0 Å². The molecule has 0 N–H and O–H groups in total. The highest BCUT2D eigenvalue weighted by atomic mass is 15.2. The number of rotatable bonds is 4. The Morgan fingerprint density at radius 1 is 1.13 bits per heavy atom. The van der Waals surface area contributed by atoms with Gasteiger partial charge in [-0.15, -0.1) is 0 Å². The number of benzene rings is 1. The Morgan fingerprint density at radius 2 is 2.04 bits per heavy atom. The zero-order valence-electron chi connectivity index (χ0n) is 13.5. The van der Waals surface area contributed by atoms with Gasteiger partial charge in [0.15, 0.2) is 0 Å². The summed E-state index contributed by atoms with van der Waals surface area (Å²) >= 11 is 0. The summed E-state index contributed by atoms with van der Waals surface area (Å²) in [7, 11) is 2.07. The number of imidazole rings is 1. The first-order valence-electron chi connectivity index (χ1n) is 8.31. The summed E-state index contributed by atoms with van der Waals surface area (Å²) in [5.41, 5.74) is 2.55. The van der Waals surface area contributed by atoms with E-state index in [1.807, 2.05) is 24.7 Å². The fraction of sp³-hybridized carbons (Fsp3) is 0.368. The van der Waals surface area contributed by atoms with Crippen molar-refractivity contribution in [2.45, 2.75) is 19.4 Å².